The van der Waals surface area contributed by atoms with Crippen molar-refractivity contribution >= 4 is 34.8 Å². The number of benzene rings is 2. The normalized spacial score (nSPS) is 10.8. The summed E-state index contributed by atoms with van der Waals surface area (Å²) in [5, 5.41) is 17.3. The molecule has 1 amide bonds. The third-order valence-electron chi connectivity index (χ3n) is 4.58. The van der Waals surface area contributed by atoms with E-state index in [9.17, 15) is 10.1 Å². The summed E-state index contributed by atoms with van der Waals surface area (Å²) in [6.07, 6.45) is 2.76. The number of aromatic nitrogens is 2. The molecule has 0 aliphatic rings. The van der Waals surface area contributed by atoms with Crippen LogP contribution in [0.2, 0.25) is 10.0 Å². The number of nitriles is 1. The van der Waals surface area contributed by atoms with Gasteiger partial charge in [0.25, 0.3) is 0 Å². The van der Waals surface area contributed by atoms with Gasteiger partial charge in [-0.3, -0.25) is 9.48 Å². The van der Waals surface area contributed by atoms with E-state index in [-0.39, 0.29) is 12.3 Å². The van der Waals surface area contributed by atoms with Crippen LogP contribution in [0.3, 0.4) is 0 Å². The lowest BCUT2D eigenvalue weighted by Gasteiger charge is -2.13. The van der Waals surface area contributed by atoms with Crippen molar-refractivity contribution in [3.05, 3.63) is 69.5 Å². The molecular weight excluding hydrogens is 419 g/mol. The SMILES string of the molecule is CC(C)Cc1ccc(-c2c(Cl)cc(NC(=O)Cc3ccn(C)n3)cc2Cl)cc1C#N. The molecule has 1 N–H and O–H groups in total. The van der Waals surface area contributed by atoms with Crippen molar-refractivity contribution in [2.45, 2.75) is 26.7 Å². The second kappa shape index (κ2) is 9.34. The summed E-state index contributed by atoms with van der Waals surface area (Å²) >= 11 is 13.0. The Morgan fingerprint density at radius 2 is 1.90 bits per heavy atom. The van der Waals surface area contributed by atoms with Gasteiger partial charge in [-0.1, -0.05) is 49.2 Å². The molecule has 0 unspecified atom stereocenters. The van der Waals surface area contributed by atoms with Gasteiger partial charge in [-0.25, -0.2) is 0 Å². The summed E-state index contributed by atoms with van der Waals surface area (Å²) in [4.78, 5) is 12.3. The van der Waals surface area contributed by atoms with Crippen LogP contribution < -0.4 is 5.32 Å². The Kier molecular flexibility index (Phi) is 6.81. The quantitative estimate of drug-likeness (QED) is 0.538. The van der Waals surface area contributed by atoms with E-state index < -0.39 is 0 Å². The van der Waals surface area contributed by atoms with E-state index in [1.165, 1.54) is 0 Å². The van der Waals surface area contributed by atoms with Gasteiger partial charge in [0.15, 0.2) is 0 Å². The highest BCUT2D eigenvalue weighted by molar-refractivity contribution is 6.39. The molecule has 0 fully saturated rings. The molecule has 0 saturated heterocycles. The Labute approximate surface area is 186 Å². The molecule has 0 radical (unpaired) electrons. The van der Waals surface area contributed by atoms with E-state index in [1.54, 1.807) is 36.1 Å². The number of hydrogen-bond donors (Lipinski definition) is 1. The van der Waals surface area contributed by atoms with Crippen molar-refractivity contribution in [1.82, 2.24) is 9.78 Å². The Hall–Kier alpha value is -2.81. The maximum Gasteiger partial charge on any atom is 0.230 e. The van der Waals surface area contributed by atoms with Crippen LogP contribution in [0.1, 0.15) is 30.7 Å². The fraction of sp³-hybridized carbons (Fsp3) is 0.261. The molecule has 0 aliphatic carbocycles. The summed E-state index contributed by atoms with van der Waals surface area (Å²) < 4.78 is 1.65. The van der Waals surface area contributed by atoms with E-state index in [1.807, 2.05) is 18.2 Å². The van der Waals surface area contributed by atoms with Crippen LogP contribution in [0.4, 0.5) is 5.69 Å². The molecule has 30 heavy (non-hydrogen) atoms. The van der Waals surface area contributed by atoms with Gasteiger partial charge in [0.1, 0.15) is 0 Å². The fourth-order valence-corrected chi connectivity index (χ4v) is 4.01. The predicted octanol–water partition coefficient (Wildman–Crippen LogP) is 5.65. The first-order valence-electron chi connectivity index (χ1n) is 9.57. The van der Waals surface area contributed by atoms with Gasteiger partial charge in [0, 0.05) is 24.5 Å². The number of anilines is 1. The van der Waals surface area contributed by atoms with Crippen molar-refractivity contribution in [2.24, 2.45) is 13.0 Å². The average molecular weight is 441 g/mol. The number of hydrogen-bond acceptors (Lipinski definition) is 3. The molecule has 2 aromatic carbocycles. The predicted molar refractivity (Wildman–Crippen MR) is 121 cm³/mol. The highest BCUT2D eigenvalue weighted by atomic mass is 35.5. The average Bonchev–Trinajstić information content (AvgIpc) is 3.06. The second-order valence-corrected chi connectivity index (χ2v) is 8.42. The molecule has 7 heteroatoms. The molecule has 154 valence electrons. The smallest absolute Gasteiger partial charge is 0.230 e. The first-order chi connectivity index (χ1) is 14.3. The van der Waals surface area contributed by atoms with E-state index in [4.69, 9.17) is 23.2 Å². The van der Waals surface area contributed by atoms with Gasteiger partial charge >= 0.3 is 0 Å². The van der Waals surface area contributed by atoms with Crippen molar-refractivity contribution < 1.29 is 4.79 Å². The maximum atomic E-state index is 12.3. The van der Waals surface area contributed by atoms with E-state index in [0.717, 1.165) is 17.5 Å². The lowest BCUT2D eigenvalue weighted by Crippen LogP contribution is -2.15. The minimum Gasteiger partial charge on any atom is -0.326 e. The molecule has 3 aromatic rings. The highest BCUT2D eigenvalue weighted by Gasteiger charge is 2.15. The number of nitrogens with one attached hydrogen (secondary N) is 1. The van der Waals surface area contributed by atoms with E-state index in [0.29, 0.717) is 38.5 Å². The summed E-state index contributed by atoms with van der Waals surface area (Å²) in [5.74, 6) is 0.238. The number of carbonyl (C=O) groups is 1. The Bertz CT molecular complexity index is 1110. The zero-order valence-corrected chi connectivity index (χ0v) is 18.6. The molecule has 0 atom stereocenters. The third kappa shape index (κ3) is 5.21. The minimum atomic E-state index is -0.210. The van der Waals surface area contributed by atoms with Crippen LogP contribution >= 0.6 is 23.2 Å². The molecule has 0 spiro atoms. The Morgan fingerprint density at radius 3 is 2.47 bits per heavy atom. The summed E-state index contributed by atoms with van der Waals surface area (Å²) in [7, 11) is 1.80. The number of aryl methyl sites for hydroxylation is 1. The summed E-state index contributed by atoms with van der Waals surface area (Å²) in [6, 6.07) is 13.1. The van der Waals surface area contributed by atoms with E-state index >= 15 is 0 Å². The zero-order valence-electron chi connectivity index (χ0n) is 17.0. The topological polar surface area (TPSA) is 70.7 Å². The third-order valence-corrected chi connectivity index (χ3v) is 5.18. The van der Waals surface area contributed by atoms with Gasteiger partial charge in [0.2, 0.25) is 5.91 Å². The molecule has 5 nitrogen and oxygen atoms in total. The van der Waals surface area contributed by atoms with Crippen LogP contribution in [-0.4, -0.2) is 15.7 Å². The van der Waals surface area contributed by atoms with Crippen LogP contribution in [0.5, 0.6) is 0 Å². The van der Waals surface area contributed by atoms with Crippen molar-refractivity contribution in [1.29, 1.82) is 5.26 Å². The monoisotopic (exact) mass is 440 g/mol. The van der Waals surface area contributed by atoms with Crippen LogP contribution in [-0.2, 0) is 24.7 Å². The molecule has 3 rings (SSSR count). The zero-order chi connectivity index (χ0) is 21.8. The maximum absolute atomic E-state index is 12.3. The Morgan fingerprint density at radius 1 is 1.20 bits per heavy atom. The van der Waals surface area contributed by atoms with Crippen molar-refractivity contribution in [3.8, 4) is 17.2 Å². The molecular formula is C23H22Cl2N4O. The number of halogens is 2. The van der Waals surface area contributed by atoms with Gasteiger partial charge in [0.05, 0.1) is 33.8 Å². The first-order valence-corrected chi connectivity index (χ1v) is 10.3. The molecule has 1 heterocycles. The number of nitrogens with zero attached hydrogens (tertiary/aromatic N) is 3. The van der Waals surface area contributed by atoms with E-state index in [2.05, 4.69) is 30.3 Å². The van der Waals surface area contributed by atoms with Crippen molar-refractivity contribution in [2.75, 3.05) is 5.32 Å². The molecule has 0 aliphatic heterocycles. The standard InChI is InChI=1S/C23H22Cl2N4O/c1-14(2)8-15-4-5-16(9-17(15)13-26)23-20(24)10-19(11-21(23)25)27-22(30)12-18-6-7-29(3)28-18/h4-7,9-11,14H,8,12H2,1-3H3,(H,27,30). The van der Waals surface area contributed by atoms with Gasteiger partial charge in [-0.2, -0.15) is 10.4 Å². The first kappa shape index (κ1) is 21.9. The highest BCUT2D eigenvalue weighted by Crippen LogP contribution is 2.38. The fourth-order valence-electron chi connectivity index (χ4n) is 3.30. The second-order valence-electron chi connectivity index (χ2n) is 7.60. The summed E-state index contributed by atoms with van der Waals surface area (Å²) in [6.45, 7) is 4.23. The number of carbonyl (C=O) groups excluding carboxylic acids is 1. The van der Waals surface area contributed by atoms with Gasteiger partial charge < -0.3 is 5.32 Å². The Balaban J connectivity index is 1.84. The van der Waals surface area contributed by atoms with Crippen molar-refractivity contribution in [3.63, 3.8) is 0 Å². The van der Waals surface area contributed by atoms with Crippen LogP contribution in [0.25, 0.3) is 11.1 Å². The molecule has 1 aromatic heterocycles. The van der Waals surface area contributed by atoms with Gasteiger partial charge in [-0.05, 0) is 47.7 Å². The molecule has 0 saturated carbocycles. The van der Waals surface area contributed by atoms with Crippen LogP contribution in [0.15, 0.2) is 42.6 Å². The largest absolute Gasteiger partial charge is 0.326 e. The lowest BCUT2D eigenvalue weighted by atomic mass is 9.94. The van der Waals surface area contributed by atoms with Gasteiger partial charge in [-0.15, -0.1) is 0 Å². The molecule has 0 bridgehead atoms. The number of amides is 1. The summed E-state index contributed by atoms with van der Waals surface area (Å²) in [5.41, 5.74) is 4.19. The van der Waals surface area contributed by atoms with Crippen LogP contribution in [0, 0.1) is 17.2 Å². The lowest BCUT2D eigenvalue weighted by molar-refractivity contribution is -0.115. The number of rotatable bonds is 6. The minimum absolute atomic E-state index is 0.153.